The Bertz CT molecular complexity index is 807. The van der Waals surface area contributed by atoms with Crippen molar-refractivity contribution in [1.82, 2.24) is 4.98 Å². The normalized spacial score (nSPS) is 10.8. The van der Waals surface area contributed by atoms with Crippen molar-refractivity contribution in [2.45, 2.75) is 6.61 Å². The van der Waals surface area contributed by atoms with E-state index in [9.17, 15) is 5.11 Å². The maximum Gasteiger partial charge on any atom is 0.220 e. The van der Waals surface area contributed by atoms with Crippen LogP contribution < -0.4 is 4.74 Å². The summed E-state index contributed by atoms with van der Waals surface area (Å²) in [7, 11) is 0. The highest BCUT2D eigenvalue weighted by molar-refractivity contribution is 9.10. The maximum absolute atomic E-state index is 9.50. The van der Waals surface area contributed by atoms with Gasteiger partial charge in [0.25, 0.3) is 0 Å². The highest BCUT2D eigenvalue weighted by atomic mass is 79.9. The summed E-state index contributed by atoms with van der Waals surface area (Å²) in [6, 6.07) is 14.7. The molecule has 0 saturated carbocycles. The van der Waals surface area contributed by atoms with E-state index in [1.165, 1.54) is 0 Å². The number of aliphatic hydroxyl groups is 1. The van der Waals surface area contributed by atoms with Gasteiger partial charge in [-0.15, -0.1) is 0 Å². The first kappa shape index (κ1) is 14.3. The van der Waals surface area contributed by atoms with E-state index in [4.69, 9.17) is 16.3 Å². The number of fused-ring (bicyclic) bond motifs is 1. The first-order valence-electron chi connectivity index (χ1n) is 6.30. The summed E-state index contributed by atoms with van der Waals surface area (Å²) in [5.74, 6) is 0.925. The van der Waals surface area contributed by atoms with Crippen LogP contribution in [0.25, 0.3) is 10.9 Å². The van der Waals surface area contributed by atoms with E-state index < -0.39 is 0 Å². The fourth-order valence-electron chi connectivity index (χ4n) is 2.07. The van der Waals surface area contributed by atoms with Crippen molar-refractivity contribution >= 4 is 38.4 Å². The van der Waals surface area contributed by atoms with E-state index in [2.05, 4.69) is 20.9 Å². The zero-order chi connectivity index (χ0) is 14.8. The van der Waals surface area contributed by atoms with Gasteiger partial charge in [0.1, 0.15) is 5.75 Å². The zero-order valence-corrected chi connectivity index (χ0v) is 13.2. The third-order valence-electron chi connectivity index (χ3n) is 3.06. The molecule has 5 heteroatoms. The molecular weight excluding hydrogens is 354 g/mol. The van der Waals surface area contributed by atoms with Gasteiger partial charge in [-0.3, -0.25) is 0 Å². The summed E-state index contributed by atoms with van der Waals surface area (Å²) >= 11 is 9.49. The lowest BCUT2D eigenvalue weighted by atomic mass is 10.1. The maximum atomic E-state index is 9.50. The summed E-state index contributed by atoms with van der Waals surface area (Å²) in [5.41, 5.74) is 1.54. The minimum absolute atomic E-state index is 0.0759. The molecule has 3 nitrogen and oxygen atoms in total. The second-order valence-electron chi connectivity index (χ2n) is 4.47. The van der Waals surface area contributed by atoms with Gasteiger partial charge in [0.2, 0.25) is 5.88 Å². The van der Waals surface area contributed by atoms with Gasteiger partial charge in [-0.2, -0.15) is 0 Å². The van der Waals surface area contributed by atoms with Gasteiger partial charge in [-0.1, -0.05) is 45.7 Å². The van der Waals surface area contributed by atoms with Crippen molar-refractivity contribution in [2.24, 2.45) is 0 Å². The van der Waals surface area contributed by atoms with Crippen molar-refractivity contribution in [3.8, 4) is 11.6 Å². The van der Waals surface area contributed by atoms with Crippen LogP contribution in [0.1, 0.15) is 5.56 Å². The number of hydrogen-bond acceptors (Lipinski definition) is 3. The quantitative estimate of drug-likeness (QED) is 0.716. The van der Waals surface area contributed by atoms with Crippen LogP contribution in [-0.4, -0.2) is 10.1 Å². The first-order valence-corrected chi connectivity index (χ1v) is 7.47. The van der Waals surface area contributed by atoms with Crippen molar-refractivity contribution in [3.05, 3.63) is 63.6 Å². The van der Waals surface area contributed by atoms with E-state index in [0.717, 1.165) is 20.9 Å². The molecule has 2 aromatic carbocycles. The monoisotopic (exact) mass is 363 g/mol. The lowest BCUT2D eigenvalue weighted by Gasteiger charge is -2.10. The number of hydrogen-bond donors (Lipinski definition) is 1. The standard InChI is InChI=1S/C16H11BrClNO2/c17-11-5-6-15(13(18)8-11)21-16-7-10(9-20)12-3-1-2-4-14(12)19-16/h1-8,20H,9H2. The molecule has 0 saturated heterocycles. The first-order chi connectivity index (χ1) is 10.2. The number of halogens is 2. The van der Waals surface area contributed by atoms with Crippen molar-refractivity contribution < 1.29 is 9.84 Å². The SMILES string of the molecule is OCc1cc(Oc2ccc(Br)cc2Cl)nc2ccccc12. The Morgan fingerprint density at radius 1 is 1.14 bits per heavy atom. The summed E-state index contributed by atoms with van der Waals surface area (Å²) in [5, 5.41) is 10.9. The van der Waals surface area contributed by atoms with Crippen LogP contribution >= 0.6 is 27.5 Å². The van der Waals surface area contributed by atoms with Gasteiger partial charge in [-0.25, -0.2) is 4.98 Å². The number of aliphatic hydroxyl groups excluding tert-OH is 1. The molecule has 0 aliphatic carbocycles. The molecule has 3 aromatic rings. The van der Waals surface area contributed by atoms with Crippen LogP contribution in [0.4, 0.5) is 0 Å². The third-order valence-corrected chi connectivity index (χ3v) is 3.85. The largest absolute Gasteiger partial charge is 0.437 e. The fraction of sp³-hybridized carbons (Fsp3) is 0.0625. The molecule has 21 heavy (non-hydrogen) atoms. The summed E-state index contributed by atoms with van der Waals surface area (Å²) in [6.45, 7) is -0.0759. The summed E-state index contributed by atoms with van der Waals surface area (Å²) in [4.78, 5) is 4.44. The van der Waals surface area contributed by atoms with Crippen molar-refractivity contribution in [3.63, 3.8) is 0 Å². The van der Waals surface area contributed by atoms with Crippen molar-refractivity contribution in [1.29, 1.82) is 0 Å². The molecule has 1 N–H and O–H groups in total. The van der Waals surface area contributed by atoms with Crippen LogP contribution in [0.5, 0.6) is 11.6 Å². The lowest BCUT2D eigenvalue weighted by Crippen LogP contribution is -1.94. The topological polar surface area (TPSA) is 42.4 Å². The Balaban J connectivity index is 2.04. The highest BCUT2D eigenvalue weighted by Crippen LogP contribution is 2.32. The number of rotatable bonds is 3. The number of nitrogens with zero attached hydrogens (tertiary/aromatic N) is 1. The molecular formula is C16H11BrClNO2. The molecule has 0 spiro atoms. The molecule has 0 unspecified atom stereocenters. The molecule has 0 amide bonds. The van der Waals surface area contributed by atoms with E-state index >= 15 is 0 Å². The lowest BCUT2D eigenvalue weighted by molar-refractivity contribution is 0.282. The highest BCUT2D eigenvalue weighted by Gasteiger charge is 2.09. The number of ether oxygens (including phenoxy) is 1. The Hall–Kier alpha value is -1.62. The average molecular weight is 365 g/mol. The smallest absolute Gasteiger partial charge is 0.220 e. The Kier molecular flexibility index (Phi) is 4.10. The van der Waals surface area contributed by atoms with E-state index in [1.807, 2.05) is 30.3 Å². The molecule has 0 aliphatic heterocycles. The number of para-hydroxylation sites is 1. The van der Waals surface area contributed by atoms with Crippen molar-refractivity contribution in [2.75, 3.05) is 0 Å². The van der Waals surface area contributed by atoms with E-state index in [1.54, 1.807) is 18.2 Å². The molecule has 0 fully saturated rings. The average Bonchev–Trinajstić information content (AvgIpc) is 2.49. The van der Waals surface area contributed by atoms with Gasteiger partial charge >= 0.3 is 0 Å². The summed E-state index contributed by atoms with van der Waals surface area (Å²) in [6.07, 6.45) is 0. The van der Waals surface area contributed by atoms with Crippen LogP contribution in [0.15, 0.2) is 53.0 Å². The van der Waals surface area contributed by atoms with Gasteiger partial charge in [0, 0.05) is 15.9 Å². The molecule has 1 heterocycles. The molecule has 1 aromatic heterocycles. The minimum Gasteiger partial charge on any atom is -0.437 e. The predicted octanol–water partition coefficient (Wildman–Crippen LogP) is 4.94. The number of aromatic nitrogens is 1. The van der Waals surface area contributed by atoms with E-state index in [-0.39, 0.29) is 6.61 Å². The molecule has 0 radical (unpaired) electrons. The molecule has 0 aliphatic rings. The second-order valence-corrected chi connectivity index (χ2v) is 5.79. The van der Waals surface area contributed by atoms with Gasteiger partial charge < -0.3 is 9.84 Å². The van der Waals surface area contributed by atoms with E-state index in [0.29, 0.717) is 16.7 Å². The minimum atomic E-state index is -0.0759. The summed E-state index contributed by atoms with van der Waals surface area (Å²) < 4.78 is 6.62. The molecule has 106 valence electrons. The fourth-order valence-corrected chi connectivity index (χ4v) is 2.79. The van der Waals surface area contributed by atoms with Gasteiger partial charge in [0.05, 0.1) is 17.1 Å². The Labute approximate surface area is 135 Å². The van der Waals surface area contributed by atoms with Crippen LogP contribution in [0.3, 0.4) is 0 Å². The molecule has 0 atom stereocenters. The van der Waals surface area contributed by atoms with Gasteiger partial charge in [0.15, 0.2) is 0 Å². The Morgan fingerprint density at radius 3 is 2.71 bits per heavy atom. The second kappa shape index (κ2) is 6.02. The number of pyridine rings is 1. The van der Waals surface area contributed by atoms with Gasteiger partial charge in [-0.05, 0) is 29.8 Å². The Morgan fingerprint density at radius 2 is 1.95 bits per heavy atom. The molecule has 0 bridgehead atoms. The predicted molar refractivity (Wildman–Crippen MR) is 86.9 cm³/mol. The van der Waals surface area contributed by atoms with Crippen LogP contribution in [0.2, 0.25) is 5.02 Å². The zero-order valence-electron chi connectivity index (χ0n) is 10.9. The van der Waals surface area contributed by atoms with Crippen LogP contribution in [0, 0.1) is 0 Å². The number of benzene rings is 2. The van der Waals surface area contributed by atoms with Crippen LogP contribution in [-0.2, 0) is 6.61 Å². The third kappa shape index (κ3) is 3.02. The molecule has 3 rings (SSSR count).